The van der Waals surface area contributed by atoms with Gasteiger partial charge in [0, 0.05) is 11.6 Å². The lowest BCUT2D eigenvalue weighted by atomic mass is 9.95. The fourth-order valence-corrected chi connectivity index (χ4v) is 1.89. The highest BCUT2D eigenvalue weighted by atomic mass is 19.1. The lowest BCUT2D eigenvalue weighted by Crippen LogP contribution is -2.27. The van der Waals surface area contributed by atoms with E-state index in [0.29, 0.717) is 5.69 Å². The molecule has 1 aromatic rings. The SMILES string of the molecule is CC(C)(C)OC(=O)Nc1ccc(F)c(C(CN)CC(=O)O)c1. The molecule has 1 atom stereocenters. The summed E-state index contributed by atoms with van der Waals surface area (Å²) in [7, 11) is 0. The van der Waals surface area contributed by atoms with Crippen LogP contribution in [0, 0.1) is 5.82 Å². The number of aliphatic carboxylic acids is 1. The minimum Gasteiger partial charge on any atom is -0.481 e. The Kier molecular flexibility index (Phi) is 5.87. The normalized spacial score (nSPS) is 12.6. The van der Waals surface area contributed by atoms with Gasteiger partial charge in [-0.1, -0.05) is 0 Å². The zero-order valence-corrected chi connectivity index (χ0v) is 12.9. The minimum absolute atomic E-state index is 0.0148. The predicted octanol–water partition coefficient (Wildman–Crippen LogP) is 2.69. The third kappa shape index (κ3) is 5.69. The third-order valence-corrected chi connectivity index (χ3v) is 2.79. The Morgan fingerprint density at radius 3 is 2.55 bits per heavy atom. The maximum absolute atomic E-state index is 13.9. The fraction of sp³-hybridized carbons (Fsp3) is 0.467. The van der Waals surface area contributed by atoms with Gasteiger partial charge in [-0.2, -0.15) is 0 Å². The first-order valence-corrected chi connectivity index (χ1v) is 6.83. The molecule has 6 nitrogen and oxygen atoms in total. The smallest absolute Gasteiger partial charge is 0.412 e. The summed E-state index contributed by atoms with van der Waals surface area (Å²) in [4.78, 5) is 22.5. The fourth-order valence-electron chi connectivity index (χ4n) is 1.89. The largest absolute Gasteiger partial charge is 0.481 e. The van der Waals surface area contributed by atoms with Crippen molar-refractivity contribution in [3.8, 4) is 0 Å². The van der Waals surface area contributed by atoms with Gasteiger partial charge in [0.05, 0.1) is 6.42 Å². The Morgan fingerprint density at radius 1 is 1.41 bits per heavy atom. The van der Waals surface area contributed by atoms with Crippen molar-refractivity contribution in [2.24, 2.45) is 5.73 Å². The van der Waals surface area contributed by atoms with Crippen LogP contribution in [0.2, 0.25) is 0 Å². The Labute approximate surface area is 128 Å². The number of amides is 1. The van der Waals surface area contributed by atoms with Crippen molar-refractivity contribution in [1.29, 1.82) is 0 Å². The minimum atomic E-state index is -1.07. The summed E-state index contributed by atoms with van der Waals surface area (Å²) < 4.78 is 19.0. The van der Waals surface area contributed by atoms with Crippen molar-refractivity contribution in [2.45, 2.75) is 38.7 Å². The lowest BCUT2D eigenvalue weighted by molar-refractivity contribution is -0.137. The maximum atomic E-state index is 13.9. The Hall–Kier alpha value is -2.15. The molecule has 22 heavy (non-hydrogen) atoms. The molecule has 0 saturated heterocycles. The van der Waals surface area contributed by atoms with E-state index < -0.39 is 29.4 Å². The number of benzene rings is 1. The summed E-state index contributed by atoms with van der Waals surface area (Å²) in [5.74, 6) is -2.30. The molecule has 0 aliphatic heterocycles. The topological polar surface area (TPSA) is 102 Å². The van der Waals surface area contributed by atoms with Crippen LogP contribution in [0.15, 0.2) is 18.2 Å². The molecular weight excluding hydrogens is 291 g/mol. The number of nitrogens with one attached hydrogen (secondary N) is 1. The summed E-state index contributed by atoms with van der Waals surface area (Å²) in [6.07, 6.45) is -0.962. The van der Waals surface area contributed by atoms with Gasteiger partial charge >= 0.3 is 12.1 Å². The van der Waals surface area contributed by atoms with E-state index in [4.69, 9.17) is 15.6 Å². The van der Waals surface area contributed by atoms with Crippen molar-refractivity contribution in [3.63, 3.8) is 0 Å². The van der Waals surface area contributed by atoms with Crippen molar-refractivity contribution in [3.05, 3.63) is 29.6 Å². The average Bonchev–Trinajstić information content (AvgIpc) is 2.36. The molecule has 1 unspecified atom stereocenters. The summed E-state index contributed by atoms with van der Waals surface area (Å²) in [6.45, 7) is 5.15. The van der Waals surface area contributed by atoms with Crippen molar-refractivity contribution < 1.29 is 23.8 Å². The van der Waals surface area contributed by atoms with Gasteiger partial charge in [0.2, 0.25) is 0 Å². The number of ether oxygens (including phenoxy) is 1. The Balaban J connectivity index is 2.94. The van der Waals surface area contributed by atoms with Crippen LogP contribution in [0.3, 0.4) is 0 Å². The first kappa shape index (κ1) is 17.9. The first-order chi connectivity index (χ1) is 10.1. The first-order valence-electron chi connectivity index (χ1n) is 6.83. The molecule has 0 spiro atoms. The number of nitrogens with two attached hydrogens (primary N) is 1. The second kappa shape index (κ2) is 7.22. The number of carboxylic acids is 1. The molecule has 0 bridgehead atoms. The van der Waals surface area contributed by atoms with Gasteiger partial charge in [-0.05, 0) is 51.1 Å². The van der Waals surface area contributed by atoms with Crippen LogP contribution in [0.4, 0.5) is 14.9 Å². The molecule has 7 heteroatoms. The molecule has 1 rings (SSSR count). The van der Waals surface area contributed by atoms with Gasteiger partial charge in [0.15, 0.2) is 0 Å². The number of carbonyl (C=O) groups is 2. The maximum Gasteiger partial charge on any atom is 0.412 e. The van der Waals surface area contributed by atoms with Gasteiger partial charge in [0.25, 0.3) is 0 Å². The standard InChI is InChI=1S/C15H21FN2O4/c1-15(2,3)22-14(21)18-10-4-5-12(16)11(7-10)9(8-17)6-13(19)20/h4-5,7,9H,6,8,17H2,1-3H3,(H,18,21)(H,19,20). The molecule has 0 radical (unpaired) electrons. The number of rotatable bonds is 5. The van der Waals surface area contributed by atoms with Crippen molar-refractivity contribution >= 4 is 17.7 Å². The molecule has 0 aromatic heterocycles. The van der Waals surface area contributed by atoms with Gasteiger partial charge in [0.1, 0.15) is 11.4 Å². The van der Waals surface area contributed by atoms with E-state index in [-0.39, 0.29) is 18.5 Å². The summed E-state index contributed by atoms with van der Waals surface area (Å²) in [5, 5.41) is 11.3. The van der Waals surface area contributed by atoms with Crippen LogP contribution in [0.1, 0.15) is 38.7 Å². The van der Waals surface area contributed by atoms with E-state index in [2.05, 4.69) is 5.32 Å². The number of hydrogen-bond acceptors (Lipinski definition) is 4. The molecule has 0 aliphatic carbocycles. The van der Waals surface area contributed by atoms with Crippen molar-refractivity contribution in [1.82, 2.24) is 0 Å². The highest BCUT2D eigenvalue weighted by molar-refractivity contribution is 5.85. The van der Waals surface area contributed by atoms with E-state index in [1.165, 1.54) is 12.1 Å². The second-order valence-corrected chi connectivity index (χ2v) is 5.89. The highest BCUT2D eigenvalue weighted by Crippen LogP contribution is 2.25. The molecule has 1 amide bonds. The summed E-state index contributed by atoms with van der Waals surface area (Å²) >= 11 is 0. The Morgan fingerprint density at radius 2 is 2.05 bits per heavy atom. The molecule has 0 saturated carbocycles. The molecule has 4 N–H and O–H groups in total. The highest BCUT2D eigenvalue weighted by Gasteiger charge is 2.20. The molecule has 1 aromatic carbocycles. The third-order valence-electron chi connectivity index (χ3n) is 2.79. The van der Waals surface area contributed by atoms with Crippen LogP contribution < -0.4 is 11.1 Å². The number of halogens is 1. The van der Waals surface area contributed by atoms with Crippen LogP contribution in [0.5, 0.6) is 0 Å². The van der Waals surface area contributed by atoms with E-state index >= 15 is 0 Å². The summed E-state index contributed by atoms with van der Waals surface area (Å²) in [5.41, 5.74) is 5.32. The van der Waals surface area contributed by atoms with Gasteiger partial charge in [-0.25, -0.2) is 9.18 Å². The molecule has 0 fully saturated rings. The van der Waals surface area contributed by atoms with Gasteiger partial charge in [-0.3, -0.25) is 10.1 Å². The number of anilines is 1. The quantitative estimate of drug-likeness (QED) is 0.776. The van der Waals surface area contributed by atoms with Gasteiger partial charge in [-0.15, -0.1) is 0 Å². The number of carboxylic acid groups (broad SMARTS) is 1. The number of carbonyl (C=O) groups excluding carboxylic acids is 1. The van der Waals surface area contributed by atoms with E-state index in [1.807, 2.05) is 0 Å². The predicted molar refractivity (Wildman–Crippen MR) is 80.3 cm³/mol. The van der Waals surface area contributed by atoms with Crippen LogP contribution in [-0.2, 0) is 9.53 Å². The Bertz CT molecular complexity index is 555. The number of hydrogen-bond donors (Lipinski definition) is 3. The lowest BCUT2D eigenvalue weighted by Gasteiger charge is -2.20. The van der Waals surface area contributed by atoms with Gasteiger partial charge < -0.3 is 15.6 Å². The zero-order chi connectivity index (χ0) is 16.9. The van der Waals surface area contributed by atoms with Crippen molar-refractivity contribution in [2.75, 3.05) is 11.9 Å². The van der Waals surface area contributed by atoms with E-state index in [1.54, 1.807) is 20.8 Å². The monoisotopic (exact) mass is 312 g/mol. The molecule has 122 valence electrons. The molecule has 0 heterocycles. The summed E-state index contributed by atoms with van der Waals surface area (Å²) in [6, 6.07) is 3.91. The zero-order valence-electron chi connectivity index (χ0n) is 12.9. The van der Waals surface area contributed by atoms with Crippen LogP contribution >= 0.6 is 0 Å². The van der Waals surface area contributed by atoms with Crippen LogP contribution in [-0.4, -0.2) is 29.3 Å². The molecular formula is C15H21FN2O4. The second-order valence-electron chi connectivity index (χ2n) is 5.89. The van der Waals surface area contributed by atoms with E-state index in [9.17, 15) is 14.0 Å². The molecule has 0 aliphatic rings. The van der Waals surface area contributed by atoms with Crippen LogP contribution in [0.25, 0.3) is 0 Å². The van der Waals surface area contributed by atoms with E-state index in [0.717, 1.165) is 6.07 Å². The average molecular weight is 312 g/mol.